The second kappa shape index (κ2) is 5.90. The topological polar surface area (TPSA) is 84.5 Å². The summed E-state index contributed by atoms with van der Waals surface area (Å²) in [6, 6.07) is 4.81. The van der Waals surface area contributed by atoms with Crippen LogP contribution in [0.25, 0.3) is 0 Å². The van der Waals surface area contributed by atoms with E-state index >= 15 is 0 Å². The van der Waals surface area contributed by atoms with Crippen molar-refractivity contribution in [1.29, 1.82) is 0 Å². The minimum Gasteiger partial charge on any atom is -0.469 e. The van der Waals surface area contributed by atoms with Gasteiger partial charge in [-0.1, -0.05) is 0 Å². The maximum Gasteiger partial charge on any atom is 0.287 e. The predicted molar refractivity (Wildman–Crippen MR) is 66.8 cm³/mol. The summed E-state index contributed by atoms with van der Waals surface area (Å²) in [7, 11) is 0. The van der Waals surface area contributed by atoms with Crippen LogP contribution in [0, 0.1) is 6.92 Å². The monoisotopic (exact) mass is 262 g/mol. The Labute approximate surface area is 109 Å². The van der Waals surface area contributed by atoms with Crippen molar-refractivity contribution >= 4 is 11.8 Å². The molecule has 2 heterocycles. The maximum absolute atomic E-state index is 11.7. The molecular weight excluding hydrogens is 248 g/mol. The summed E-state index contributed by atoms with van der Waals surface area (Å²) < 4.78 is 9.97. The average molecular weight is 262 g/mol. The van der Waals surface area contributed by atoms with Gasteiger partial charge in [-0.3, -0.25) is 9.59 Å². The van der Waals surface area contributed by atoms with Crippen molar-refractivity contribution < 1.29 is 18.4 Å². The van der Waals surface area contributed by atoms with Crippen LogP contribution in [0.15, 0.2) is 39.6 Å². The number of carbonyl (C=O) groups is 2. The Hall–Kier alpha value is -2.50. The van der Waals surface area contributed by atoms with Gasteiger partial charge in [0.2, 0.25) is 0 Å². The molecule has 0 aliphatic carbocycles. The molecule has 0 saturated heterocycles. The van der Waals surface area contributed by atoms with Gasteiger partial charge in [0.1, 0.15) is 5.76 Å². The maximum atomic E-state index is 11.7. The van der Waals surface area contributed by atoms with Crippen molar-refractivity contribution in [2.24, 2.45) is 0 Å². The van der Waals surface area contributed by atoms with Crippen molar-refractivity contribution in [1.82, 2.24) is 10.6 Å². The molecule has 100 valence electrons. The van der Waals surface area contributed by atoms with Crippen LogP contribution in [0.1, 0.15) is 26.7 Å². The zero-order valence-corrected chi connectivity index (χ0v) is 10.4. The number of aryl methyl sites for hydroxylation is 1. The summed E-state index contributed by atoms with van der Waals surface area (Å²) in [6.07, 6.45) is 2.89. The first-order valence-corrected chi connectivity index (χ1v) is 5.82. The van der Waals surface area contributed by atoms with Gasteiger partial charge in [0, 0.05) is 13.1 Å². The Morgan fingerprint density at radius 3 is 2.37 bits per heavy atom. The third-order valence-corrected chi connectivity index (χ3v) is 2.54. The van der Waals surface area contributed by atoms with E-state index in [1.165, 1.54) is 12.5 Å². The predicted octanol–water partition coefficient (Wildman–Crippen LogP) is 1.34. The normalized spacial score (nSPS) is 10.2. The molecular formula is C13H14N2O4. The fourth-order valence-corrected chi connectivity index (χ4v) is 1.56. The molecule has 0 saturated carbocycles. The lowest BCUT2D eigenvalue weighted by molar-refractivity contribution is 0.0910. The Kier molecular flexibility index (Phi) is 4.02. The Morgan fingerprint density at radius 2 is 1.79 bits per heavy atom. The van der Waals surface area contributed by atoms with Gasteiger partial charge in [0.05, 0.1) is 18.1 Å². The first kappa shape index (κ1) is 12.9. The molecule has 2 aromatic rings. The largest absolute Gasteiger partial charge is 0.469 e. The highest BCUT2D eigenvalue weighted by Gasteiger charge is 2.11. The molecule has 6 heteroatoms. The standard InChI is InChI=1S/C13H14N2O4/c1-9-10(4-8-18-9)12(16)14-5-6-15-13(17)11-3-2-7-19-11/h2-4,7-8H,5-6H2,1H3,(H,14,16)(H,15,17). The van der Waals surface area contributed by atoms with Crippen LogP contribution in [-0.4, -0.2) is 24.9 Å². The lowest BCUT2D eigenvalue weighted by atomic mass is 10.2. The quantitative estimate of drug-likeness (QED) is 0.796. The molecule has 2 N–H and O–H groups in total. The van der Waals surface area contributed by atoms with E-state index in [2.05, 4.69) is 10.6 Å². The zero-order valence-electron chi connectivity index (χ0n) is 10.4. The zero-order chi connectivity index (χ0) is 13.7. The summed E-state index contributed by atoms with van der Waals surface area (Å²) in [5.74, 6) is 0.284. The minimum absolute atomic E-state index is 0.224. The fraction of sp³-hybridized carbons (Fsp3) is 0.231. The molecule has 6 nitrogen and oxygen atoms in total. The van der Waals surface area contributed by atoms with Crippen LogP contribution >= 0.6 is 0 Å². The van der Waals surface area contributed by atoms with E-state index in [-0.39, 0.29) is 17.6 Å². The van der Waals surface area contributed by atoms with Crippen molar-refractivity contribution in [3.05, 3.63) is 47.8 Å². The minimum atomic E-state index is -0.307. The molecule has 2 amide bonds. The molecule has 19 heavy (non-hydrogen) atoms. The third-order valence-electron chi connectivity index (χ3n) is 2.54. The van der Waals surface area contributed by atoms with Gasteiger partial charge in [-0.15, -0.1) is 0 Å². The van der Waals surface area contributed by atoms with Crippen molar-refractivity contribution in [2.75, 3.05) is 13.1 Å². The molecule has 0 aliphatic rings. The summed E-state index contributed by atoms with van der Waals surface area (Å²) in [5.41, 5.74) is 0.498. The van der Waals surface area contributed by atoms with Gasteiger partial charge < -0.3 is 19.5 Å². The van der Waals surface area contributed by atoms with Gasteiger partial charge in [-0.25, -0.2) is 0 Å². The highest BCUT2D eigenvalue weighted by Crippen LogP contribution is 2.07. The molecule has 0 radical (unpaired) electrons. The highest BCUT2D eigenvalue weighted by molar-refractivity contribution is 5.95. The second-order valence-electron chi connectivity index (χ2n) is 3.88. The van der Waals surface area contributed by atoms with E-state index in [0.29, 0.717) is 24.4 Å². The smallest absolute Gasteiger partial charge is 0.287 e. The average Bonchev–Trinajstić information content (AvgIpc) is 3.04. The molecule has 0 fully saturated rings. The first-order valence-electron chi connectivity index (χ1n) is 5.82. The summed E-state index contributed by atoms with van der Waals surface area (Å²) in [6.45, 7) is 2.37. The van der Waals surface area contributed by atoms with E-state index in [0.717, 1.165) is 0 Å². The van der Waals surface area contributed by atoms with Crippen molar-refractivity contribution in [3.8, 4) is 0 Å². The fourth-order valence-electron chi connectivity index (χ4n) is 1.56. The summed E-state index contributed by atoms with van der Waals surface area (Å²) in [5, 5.41) is 5.31. The molecule has 2 aromatic heterocycles. The summed E-state index contributed by atoms with van der Waals surface area (Å²) in [4.78, 5) is 23.2. The number of furan rings is 2. The lowest BCUT2D eigenvalue weighted by Gasteiger charge is -2.05. The van der Waals surface area contributed by atoms with E-state index in [1.807, 2.05) is 0 Å². The van der Waals surface area contributed by atoms with Crippen LogP contribution in [0.4, 0.5) is 0 Å². The SMILES string of the molecule is Cc1occc1C(=O)NCCNC(=O)c1ccco1. The number of rotatable bonds is 5. The number of nitrogens with one attached hydrogen (secondary N) is 2. The van der Waals surface area contributed by atoms with E-state index < -0.39 is 0 Å². The molecule has 0 aromatic carbocycles. The second-order valence-corrected chi connectivity index (χ2v) is 3.88. The molecule has 0 bridgehead atoms. The molecule has 0 atom stereocenters. The molecule has 0 aliphatic heterocycles. The van der Waals surface area contributed by atoms with Gasteiger partial charge in [-0.2, -0.15) is 0 Å². The van der Waals surface area contributed by atoms with Crippen LogP contribution in [0.2, 0.25) is 0 Å². The van der Waals surface area contributed by atoms with Gasteiger partial charge in [0.15, 0.2) is 5.76 Å². The number of hydrogen-bond acceptors (Lipinski definition) is 4. The number of amides is 2. The van der Waals surface area contributed by atoms with Crippen LogP contribution < -0.4 is 10.6 Å². The van der Waals surface area contributed by atoms with Crippen LogP contribution in [-0.2, 0) is 0 Å². The van der Waals surface area contributed by atoms with Gasteiger partial charge in [-0.05, 0) is 25.1 Å². The van der Waals surface area contributed by atoms with Crippen LogP contribution in [0.5, 0.6) is 0 Å². The Bertz CT molecular complexity index is 557. The van der Waals surface area contributed by atoms with Crippen molar-refractivity contribution in [3.63, 3.8) is 0 Å². The van der Waals surface area contributed by atoms with Crippen molar-refractivity contribution in [2.45, 2.75) is 6.92 Å². The lowest BCUT2D eigenvalue weighted by Crippen LogP contribution is -2.34. The molecule has 0 spiro atoms. The molecule has 0 unspecified atom stereocenters. The van der Waals surface area contributed by atoms with E-state index in [4.69, 9.17) is 8.83 Å². The van der Waals surface area contributed by atoms with E-state index in [9.17, 15) is 9.59 Å². The number of hydrogen-bond donors (Lipinski definition) is 2. The highest BCUT2D eigenvalue weighted by atomic mass is 16.3. The van der Waals surface area contributed by atoms with E-state index in [1.54, 1.807) is 25.1 Å². The van der Waals surface area contributed by atoms with Gasteiger partial charge >= 0.3 is 0 Å². The molecule has 2 rings (SSSR count). The van der Waals surface area contributed by atoms with Gasteiger partial charge in [0.25, 0.3) is 11.8 Å². The van der Waals surface area contributed by atoms with Crippen LogP contribution in [0.3, 0.4) is 0 Å². The number of carbonyl (C=O) groups excluding carboxylic acids is 2. The Morgan fingerprint density at radius 1 is 1.05 bits per heavy atom. The summed E-state index contributed by atoms with van der Waals surface area (Å²) >= 11 is 0. The first-order chi connectivity index (χ1) is 9.18. The third kappa shape index (κ3) is 3.25. The Balaban J connectivity index is 1.71.